The minimum Gasteiger partial charge on any atom is -0.512 e. The lowest BCUT2D eigenvalue weighted by Gasteiger charge is -2.21. The molecular formula is C23H20N4O8. The first-order valence-electron chi connectivity index (χ1n) is 10.2. The van der Waals surface area contributed by atoms with E-state index in [4.69, 9.17) is 4.74 Å². The number of carbonyl (C=O) groups is 2. The standard InChI is InChI=1S/C23H20N4O8/c1-12(28)18(22(30)35-23(2,3)4)19-16-7-5-6-8-17(16)20(24-19)25-21(29)13-9-14(26(31)32)11-15(10-13)27(33)34/h5-11,28H,1-4H3/b18-12-,25-20?. The van der Waals surface area contributed by atoms with Crippen LogP contribution in [0.5, 0.6) is 0 Å². The van der Waals surface area contributed by atoms with Crippen molar-refractivity contribution in [2.45, 2.75) is 33.3 Å². The van der Waals surface area contributed by atoms with E-state index in [-0.39, 0.29) is 28.4 Å². The molecule has 0 saturated heterocycles. The molecule has 0 aromatic heterocycles. The molecule has 0 atom stereocenters. The maximum atomic E-state index is 12.8. The van der Waals surface area contributed by atoms with E-state index in [1.165, 1.54) is 6.92 Å². The van der Waals surface area contributed by atoms with Crippen molar-refractivity contribution in [2.24, 2.45) is 9.98 Å². The van der Waals surface area contributed by atoms with E-state index in [2.05, 4.69) is 9.98 Å². The number of rotatable bonds is 5. The highest BCUT2D eigenvalue weighted by Crippen LogP contribution is 2.28. The number of benzene rings is 2. The number of hydrogen-bond acceptors (Lipinski definition) is 8. The molecule has 35 heavy (non-hydrogen) atoms. The van der Waals surface area contributed by atoms with Crippen molar-refractivity contribution >= 4 is 34.8 Å². The predicted molar refractivity (Wildman–Crippen MR) is 125 cm³/mol. The van der Waals surface area contributed by atoms with Crippen LogP contribution in [0.2, 0.25) is 0 Å². The summed E-state index contributed by atoms with van der Waals surface area (Å²) in [7, 11) is 0. The zero-order chi connectivity index (χ0) is 26.1. The van der Waals surface area contributed by atoms with Gasteiger partial charge in [-0.25, -0.2) is 9.79 Å². The van der Waals surface area contributed by atoms with E-state index in [1.54, 1.807) is 45.0 Å². The molecule has 0 radical (unpaired) electrons. The van der Waals surface area contributed by atoms with Gasteiger partial charge in [-0.15, -0.1) is 0 Å². The van der Waals surface area contributed by atoms with Crippen LogP contribution < -0.4 is 0 Å². The van der Waals surface area contributed by atoms with Gasteiger partial charge in [0.2, 0.25) is 0 Å². The molecule has 0 bridgehead atoms. The Morgan fingerprint density at radius 2 is 1.54 bits per heavy atom. The molecule has 1 aliphatic rings. The lowest BCUT2D eigenvalue weighted by molar-refractivity contribution is -0.394. The molecule has 0 unspecified atom stereocenters. The van der Waals surface area contributed by atoms with Gasteiger partial charge in [-0.05, 0) is 27.7 Å². The smallest absolute Gasteiger partial charge is 0.344 e. The van der Waals surface area contributed by atoms with Crippen LogP contribution in [0.25, 0.3) is 0 Å². The number of non-ortho nitro benzene ring substituents is 2. The summed E-state index contributed by atoms with van der Waals surface area (Å²) >= 11 is 0. The Morgan fingerprint density at radius 1 is 1.00 bits per heavy atom. The van der Waals surface area contributed by atoms with E-state index < -0.39 is 38.7 Å². The molecule has 0 spiro atoms. The topological polar surface area (TPSA) is 175 Å². The first-order chi connectivity index (χ1) is 16.3. The third-order valence-electron chi connectivity index (χ3n) is 4.62. The molecule has 2 aromatic rings. The second kappa shape index (κ2) is 9.25. The van der Waals surface area contributed by atoms with Crippen LogP contribution in [0, 0.1) is 20.2 Å². The fourth-order valence-corrected chi connectivity index (χ4v) is 3.22. The second-order valence-corrected chi connectivity index (χ2v) is 8.46. The molecule has 1 heterocycles. The number of amides is 1. The van der Waals surface area contributed by atoms with E-state index >= 15 is 0 Å². The van der Waals surface area contributed by atoms with Crippen LogP contribution in [-0.2, 0) is 9.53 Å². The Morgan fingerprint density at radius 3 is 2.03 bits per heavy atom. The molecule has 12 nitrogen and oxygen atoms in total. The molecule has 0 fully saturated rings. The van der Waals surface area contributed by atoms with E-state index in [9.17, 15) is 34.9 Å². The molecule has 180 valence electrons. The van der Waals surface area contributed by atoms with Crippen molar-refractivity contribution < 1.29 is 29.3 Å². The maximum absolute atomic E-state index is 12.8. The summed E-state index contributed by atoms with van der Waals surface area (Å²) in [5.74, 6) is -2.37. The number of allylic oxidation sites excluding steroid dienone is 1. The van der Waals surface area contributed by atoms with Crippen LogP contribution in [-0.4, -0.2) is 44.0 Å². The number of nitro benzene ring substituents is 2. The summed E-state index contributed by atoms with van der Waals surface area (Å²) in [6.45, 7) is 6.25. The first-order valence-corrected chi connectivity index (χ1v) is 10.2. The zero-order valence-corrected chi connectivity index (χ0v) is 19.1. The van der Waals surface area contributed by atoms with Gasteiger partial charge >= 0.3 is 5.97 Å². The summed E-state index contributed by atoms with van der Waals surface area (Å²) in [5, 5.41) is 32.5. The van der Waals surface area contributed by atoms with E-state index in [0.717, 1.165) is 18.2 Å². The van der Waals surface area contributed by atoms with Crippen LogP contribution in [0.1, 0.15) is 49.2 Å². The summed E-state index contributed by atoms with van der Waals surface area (Å²) in [6.07, 6.45) is 0. The highest BCUT2D eigenvalue weighted by atomic mass is 16.6. The zero-order valence-electron chi connectivity index (χ0n) is 19.1. The fourth-order valence-electron chi connectivity index (χ4n) is 3.22. The van der Waals surface area contributed by atoms with Gasteiger partial charge in [0.1, 0.15) is 16.9 Å². The summed E-state index contributed by atoms with van der Waals surface area (Å²) in [5.41, 5.74) is -2.02. The number of esters is 1. The summed E-state index contributed by atoms with van der Waals surface area (Å²) in [4.78, 5) is 54.4. The summed E-state index contributed by atoms with van der Waals surface area (Å²) < 4.78 is 5.37. The van der Waals surface area contributed by atoms with Crippen LogP contribution in [0.4, 0.5) is 11.4 Å². The minimum absolute atomic E-state index is 0.0198. The predicted octanol–water partition coefficient (Wildman–Crippen LogP) is 4.07. The molecule has 3 rings (SSSR count). The van der Waals surface area contributed by atoms with Gasteiger partial charge in [0.05, 0.1) is 27.2 Å². The van der Waals surface area contributed by atoms with Crippen molar-refractivity contribution in [2.75, 3.05) is 0 Å². The van der Waals surface area contributed by atoms with Crippen LogP contribution in [0.3, 0.4) is 0 Å². The van der Waals surface area contributed by atoms with Gasteiger partial charge in [-0.2, -0.15) is 4.99 Å². The number of carbonyl (C=O) groups excluding carboxylic acids is 2. The number of fused-ring (bicyclic) bond motifs is 1. The Labute approximate surface area is 198 Å². The number of nitro groups is 2. The third-order valence-corrected chi connectivity index (χ3v) is 4.62. The van der Waals surface area contributed by atoms with Crippen molar-refractivity contribution in [3.63, 3.8) is 0 Å². The molecule has 1 amide bonds. The van der Waals surface area contributed by atoms with Gasteiger partial charge in [0.25, 0.3) is 17.3 Å². The van der Waals surface area contributed by atoms with Crippen molar-refractivity contribution in [1.29, 1.82) is 0 Å². The average molecular weight is 480 g/mol. The lowest BCUT2D eigenvalue weighted by atomic mass is 9.99. The Bertz CT molecular complexity index is 1330. The number of nitrogens with zero attached hydrogens (tertiary/aromatic N) is 4. The maximum Gasteiger partial charge on any atom is 0.344 e. The van der Waals surface area contributed by atoms with Crippen LogP contribution in [0.15, 0.2) is 63.8 Å². The summed E-state index contributed by atoms with van der Waals surface area (Å²) in [6, 6.07) is 8.94. The monoisotopic (exact) mass is 480 g/mol. The molecule has 12 heteroatoms. The third kappa shape index (κ3) is 5.43. The molecule has 2 aromatic carbocycles. The Kier molecular flexibility index (Phi) is 6.58. The Balaban J connectivity index is 2.13. The van der Waals surface area contributed by atoms with Gasteiger partial charge < -0.3 is 9.84 Å². The largest absolute Gasteiger partial charge is 0.512 e. The highest BCUT2D eigenvalue weighted by molar-refractivity contribution is 6.36. The van der Waals surface area contributed by atoms with Crippen LogP contribution >= 0.6 is 0 Å². The average Bonchev–Trinajstić information content (AvgIpc) is 3.09. The minimum atomic E-state index is -1.02. The SMILES string of the molecule is C/C(O)=C(/C(=O)OC(C)(C)C)C1=NC(=NC(=O)c2cc([N+](=O)[O-])cc([N+](=O)[O-])c2)c2ccccc21. The van der Waals surface area contributed by atoms with Gasteiger partial charge in [-0.1, -0.05) is 24.3 Å². The second-order valence-electron chi connectivity index (χ2n) is 8.46. The number of hydrogen-bond donors (Lipinski definition) is 1. The van der Waals surface area contributed by atoms with Gasteiger partial charge in [-0.3, -0.25) is 25.0 Å². The fraction of sp³-hybridized carbons (Fsp3) is 0.217. The van der Waals surface area contributed by atoms with Crippen molar-refractivity contribution in [3.05, 3.63) is 90.7 Å². The number of amidine groups is 1. The van der Waals surface area contributed by atoms with Crippen molar-refractivity contribution in [3.8, 4) is 0 Å². The molecule has 0 saturated carbocycles. The quantitative estimate of drug-likeness (QED) is 0.219. The molecule has 1 N–H and O–H groups in total. The van der Waals surface area contributed by atoms with E-state index in [1.807, 2.05) is 0 Å². The number of aliphatic hydroxyl groups is 1. The molecular weight excluding hydrogens is 460 g/mol. The molecule has 0 aliphatic carbocycles. The van der Waals surface area contributed by atoms with E-state index in [0.29, 0.717) is 11.1 Å². The Hall–Kier alpha value is -4.74. The van der Waals surface area contributed by atoms with Crippen molar-refractivity contribution in [1.82, 2.24) is 0 Å². The van der Waals surface area contributed by atoms with Gasteiger partial charge in [0.15, 0.2) is 5.84 Å². The normalized spacial score (nSPS) is 14.6. The number of aliphatic hydroxyl groups excluding tert-OH is 1. The first kappa shape index (κ1) is 24.9. The number of ether oxygens (including phenoxy) is 1. The van der Waals surface area contributed by atoms with Gasteiger partial charge in [0, 0.05) is 23.3 Å². The molecule has 1 aliphatic heterocycles. The highest BCUT2D eigenvalue weighted by Gasteiger charge is 2.32. The number of aliphatic imine (C=N–C) groups is 2. The lowest BCUT2D eigenvalue weighted by Crippen LogP contribution is -2.28.